The van der Waals surface area contributed by atoms with Gasteiger partial charge in [0.05, 0.1) is 17.9 Å². The van der Waals surface area contributed by atoms with Crippen LogP contribution in [0.15, 0.2) is 6.20 Å². The SMILES string of the molecule is Cn1ncc2c1[C@@H](C(=O)NNC(=O)C(F)(F)F)NC[C@@H]2NOS(=O)(=O)O. The number of aryl methyl sites for hydroxylation is 1. The number of halogens is 3. The van der Waals surface area contributed by atoms with Gasteiger partial charge >= 0.3 is 22.5 Å². The molecule has 16 heteroatoms. The number of carbonyl (C=O) groups is 2. The van der Waals surface area contributed by atoms with Crippen molar-refractivity contribution in [3.63, 3.8) is 0 Å². The van der Waals surface area contributed by atoms with E-state index >= 15 is 0 Å². The summed E-state index contributed by atoms with van der Waals surface area (Å²) in [5.41, 5.74) is 5.39. The highest BCUT2D eigenvalue weighted by molar-refractivity contribution is 7.80. The molecule has 0 fully saturated rings. The molecule has 146 valence electrons. The fourth-order valence-electron chi connectivity index (χ4n) is 2.23. The summed E-state index contributed by atoms with van der Waals surface area (Å²) in [7, 11) is -3.35. The summed E-state index contributed by atoms with van der Waals surface area (Å²) in [6.07, 6.45) is -3.90. The molecule has 12 nitrogen and oxygen atoms in total. The Bertz CT molecular complexity index is 809. The smallest absolute Gasteiger partial charge is 0.299 e. The zero-order valence-electron chi connectivity index (χ0n) is 12.9. The number of fused-ring (bicyclic) bond motifs is 1. The number of hydroxylamine groups is 1. The van der Waals surface area contributed by atoms with Gasteiger partial charge in [-0.05, 0) is 0 Å². The van der Waals surface area contributed by atoms with E-state index in [-0.39, 0.29) is 17.8 Å². The van der Waals surface area contributed by atoms with E-state index < -0.39 is 40.5 Å². The molecule has 1 aromatic heterocycles. The number of nitrogens with one attached hydrogen (secondary N) is 4. The molecule has 0 spiro atoms. The summed E-state index contributed by atoms with van der Waals surface area (Å²) in [6, 6.07) is -2.05. The lowest BCUT2D eigenvalue weighted by atomic mass is 9.98. The summed E-state index contributed by atoms with van der Waals surface area (Å²) >= 11 is 0. The second-order valence-electron chi connectivity index (χ2n) is 5.07. The van der Waals surface area contributed by atoms with Crippen molar-refractivity contribution in [3.8, 4) is 0 Å². The fourth-order valence-corrected chi connectivity index (χ4v) is 2.47. The Morgan fingerprint density at radius 1 is 1.42 bits per heavy atom. The van der Waals surface area contributed by atoms with E-state index in [2.05, 4.69) is 20.2 Å². The molecule has 0 aliphatic carbocycles. The molecule has 2 amide bonds. The number of hydrogen-bond donors (Lipinski definition) is 5. The second-order valence-corrected chi connectivity index (χ2v) is 6.09. The van der Waals surface area contributed by atoms with Crippen LogP contribution in [-0.2, 0) is 31.3 Å². The van der Waals surface area contributed by atoms with E-state index in [4.69, 9.17) is 4.55 Å². The molecule has 2 heterocycles. The van der Waals surface area contributed by atoms with Gasteiger partial charge in [0.1, 0.15) is 6.04 Å². The van der Waals surface area contributed by atoms with E-state index in [9.17, 15) is 31.2 Å². The highest BCUT2D eigenvalue weighted by Gasteiger charge is 2.40. The second kappa shape index (κ2) is 7.16. The van der Waals surface area contributed by atoms with Gasteiger partial charge in [0.25, 0.3) is 5.91 Å². The molecular formula is C10H13F3N6O6S. The van der Waals surface area contributed by atoms with Crippen molar-refractivity contribution in [3.05, 3.63) is 17.5 Å². The van der Waals surface area contributed by atoms with Crippen molar-refractivity contribution >= 4 is 22.2 Å². The van der Waals surface area contributed by atoms with Gasteiger partial charge in [0, 0.05) is 19.2 Å². The number of amides is 2. The van der Waals surface area contributed by atoms with Gasteiger partial charge in [0.2, 0.25) is 0 Å². The summed E-state index contributed by atoms with van der Waals surface area (Å²) in [6.45, 7) is -0.112. The number of alkyl halides is 3. The molecule has 0 radical (unpaired) electrons. The van der Waals surface area contributed by atoms with Crippen molar-refractivity contribution in [1.82, 2.24) is 31.4 Å². The normalized spacial score (nSPS) is 20.3. The van der Waals surface area contributed by atoms with Gasteiger partial charge in [-0.3, -0.25) is 35.0 Å². The Balaban J connectivity index is 2.12. The van der Waals surface area contributed by atoms with E-state index in [0.29, 0.717) is 0 Å². The molecule has 1 aromatic rings. The molecule has 0 saturated carbocycles. The lowest BCUT2D eigenvalue weighted by molar-refractivity contribution is -0.175. The third-order valence-corrected chi connectivity index (χ3v) is 3.61. The molecule has 2 rings (SSSR count). The van der Waals surface area contributed by atoms with E-state index in [1.54, 1.807) is 5.43 Å². The third kappa shape index (κ3) is 4.67. The van der Waals surface area contributed by atoms with Crippen molar-refractivity contribution in [1.29, 1.82) is 0 Å². The predicted octanol–water partition coefficient (Wildman–Crippen LogP) is -1.86. The van der Waals surface area contributed by atoms with Crippen LogP contribution in [0.3, 0.4) is 0 Å². The van der Waals surface area contributed by atoms with Crippen molar-refractivity contribution in [2.75, 3.05) is 6.54 Å². The number of nitrogens with zero attached hydrogens (tertiary/aromatic N) is 2. The summed E-state index contributed by atoms with van der Waals surface area (Å²) < 4.78 is 71.5. The van der Waals surface area contributed by atoms with Crippen LogP contribution in [0, 0.1) is 0 Å². The standard InChI is InChI=1S/C10H13F3N6O6S/c1-19-7-4(2-15-19)5(18-25-26(22,23)24)3-14-6(7)8(20)16-17-9(21)10(11,12)13/h2,5-6,14,18H,3H2,1H3,(H,16,20)(H,17,21)(H,22,23,24)/t5-,6-/m0/s1. The Morgan fingerprint density at radius 2 is 2.08 bits per heavy atom. The molecule has 26 heavy (non-hydrogen) atoms. The van der Waals surface area contributed by atoms with Crippen LogP contribution in [0.1, 0.15) is 23.3 Å². The first-order valence-corrected chi connectivity index (χ1v) is 8.10. The first kappa shape index (κ1) is 20.0. The maximum absolute atomic E-state index is 12.1. The minimum atomic E-state index is -5.17. The number of hydrazine groups is 1. The van der Waals surface area contributed by atoms with Gasteiger partial charge in [0.15, 0.2) is 0 Å². The quantitative estimate of drug-likeness (QED) is 0.287. The zero-order valence-corrected chi connectivity index (χ0v) is 13.7. The van der Waals surface area contributed by atoms with Gasteiger partial charge < -0.3 is 0 Å². The average molecular weight is 402 g/mol. The Labute approximate surface area is 143 Å². The molecule has 1 aliphatic rings. The van der Waals surface area contributed by atoms with Crippen LogP contribution >= 0.6 is 0 Å². The molecule has 0 aromatic carbocycles. The number of carbonyl (C=O) groups excluding carboxylic acids is 2. The summed E-state index contributed by atoms with van der Waals surface area (Å²) in [5.74, 6) is -3.37. The maximum atomic E-state index is 12.1. The fraction of sp³-hybridized carbons (Fsp3) is 0.500. The predicted molar refractivity (Wildman–Crippen MR) is 74.8 cm³/mol. The highest BCUT2D eigenvalue weighted by atomic mass is 32.3. The molecule has 0 bridgehead atoms. The molecular weight excluding hydrogens is 389 g/mol. The molecule has 5 N–H and O–H groups in total. The third-order valence-electron chi connectivity index (χ3n) is 3.30. The lowest BCUT2D eigenvalue weighted by Gasteiger charge is -2.29. The topological polar surface area (TPSA) is 164 Å². The van der Waals surface area contributed by atoms with Gasteiger partial charge in [-0.25, -0.2) is 0 Å². The van der Waals surface area contributed by atoms with Crippen LogP contribution in [0.25, 0.3) is 0 Å². The van der Waals surface area contributed by atoms with Crippen LogP contribution < -0.4 is 21.6 Å². The van der Waals surface area contributed by atoms with Crippen molar-refractivity contribution < 1.29 is 40.0 Å². The first-order valence-electron chi connectivity index (χ1n) is 6.73. The van der Waals surface area contributed by atoms with Crippen LogP contribution in [-0.4, -0.2) is 47.3 Å². The average Bonchev–Trinajstić information content (AvgIpc) is 2.90. The number of aromatic nitrogens is 2. The first-order chi connectivity index (χ1) is 11.9. The molecule has 1 aliphatic heterocycles. The van der Waals surface area contributed by atoms with Crippen LogP contribution in [0.5, 0.6) is 0 Å². The summed E-state index contributed by atoms with van der Waals surface area (Å²) in [4.78, 5) is 22.8. The van der Waals surface area contributed by atoms with Gasteiger partial charge in [-0.2, -0.15) is 36.5 Å². The Morgan fingerprint density at radius 3 is 2.65 bits per heavy atom. The number of hydrogen-bond acceptors (Lipinski definition) is 8. The molecule has 0 saturated heterocycles. The van der Waals surface area contributed by atoms with E-state index in [1.165, 1.54) is 23.4 Å². The minimum absolute atomic E-state index is 0.112. The van der Waals surface area contributed by atoms with Crippen LogP contribution in [0.4, 0.5) is 13.2 Å². The highest BCUT2D eigenvalue weighted by Crippen LogP contribution is 2.28. The number of rotatable bonds is 4. The van der Waals surface area contributed by atoms with E-state index in [1.807, 2.05) is 0 Å². The van der Waals surface area contributed by atoms with Crippen molar-refractivity contribution in [2.45, 2.75) is 18.3 Å². The summed E-state index contributed by atoms with van der Waals surface area (Å²) in [5, 5.41) is 6.51. The molecule has 2 atom stereocenters. The Hall–Kier alpha value is -2.27. The zero-order chi connectivity index (χ0) is 19.7. The minimum Gasteiger partial charge on any atom is -0.299 e. The molecule has 0 unspecified atom stereocenters. The largest absolute Gasteiger partial charge is 0.472 e. The van der Waals surface area contributed by atoms with Gasteiger partial charge in [-0.1, -0.05) is 0 Å². The van der Waals surface area contributed by atoms with Crippen LogP contribution in [0.2, 0.25) is 0 Å². The Kier molecular flexibility index (Phi) is 5.52. The van der Waals surface area contributed by atoms with Gasteiger partial charge in [-0.15, -0.1) is 0 Å². The maximum Gasteiger partial charge on any atom is 0.472 e. The van der Waals surface area contributed by atoms with Crippen molar-refractivity contribution in [2.24, 2.45) is 7.05 Å². The van der Waals surface area contributed by atoms with E-state index in [0.717, 1.165) is 0 Å². The monoisotopic (exact) mass is 402 g/mol. The lowest BCUT2D eigenvalue weighted by Crippen LogP contribution is -2.53.